The molecule has 0 aliphatic carbocycles. The standard InChI is InChI=1S/C15H22BrNO3S/c1-12(21-14-6-4-13(16)5-7-14)15(18)17(8-10-19-2)9-11-20-3/h4-7,12H,8-11H2,1-3H3. The molecule has 1 atom stereocenters. The van der Waals surface area contributed by atoms with Gasteiger partial charge in [0.05, 0.1) is 18.5 Å². The normalized spacial score (nSPS) is 12.2. The van der Waals surface area contributed by atoms with Gasteiger partial charge >= 0.3 is 0 Å². The number of nitrogens with zero attached hydrogens (tertiary/aromatic N) is 1. The highest BCUT2D eigenvalue weighted by atomic mass is 79.9. The topological polar surface area (TPSA) is 38.8 Å². The fraction of sp³-hybridized carbons (Fsp3) is 0.533. The number of carbonyl (C=O) groups is 1. The number of benzene rings is 1. The van der Waals surface area contributed by atoms with Crippen LogP contribution in [0.3, 0.4) is 0 Å². The number of methoxy groups -OCH3 is 2. The highest BCUT2D eigenvalue weighted by Crippen LogP contribution is 2.25. The predicted molar refractivity (Wildman–Crippen MR) is 89.8 cm³/mol. The zero-order valence-electron chi connectivity index (χ0n) is 12.7. The second-order valence-electron chi connectivity index (χ2n) is 4.52. The molecule has 4 nitrogen and oxygen atoms in total. The van der Waals surface area contributed by atoms with E-state index in [1.807, 2.05) is 31.2 Å². The Balaban J connectivity index is 2.60. The first-order valence-electron chi connectivity index (χ1n) is 6.77. The summed E-state index contributed by atoms with van der Waals surface area (Å²) in [4.78, 5) is 15.4. The molecule has 1 unspecified atom stereocenters. The van der Waals surface area contributed by atoms with E-state index >= 15 is 0 Å². The summed E-state index contributed by atoms with van der Waals surface area (Å²) in [5.74, 6) is 0.108. The number of hydrogen-bond acceptors (Lipinski definition) is 4. The van der Waals surface area contributed by atoms with Crippen molar-refractivity contribution in [2.24, 2.45) is 0 Å². The van der Waals surface area contributed by atoms with Crippen molar-refractivity contribution in [3.8, 4) is 0 Å². The van der Waals surface area contributed by atoms with Gasteiger partial charge in [0, 0.05) is 36.7 Å². The third-order valence-electron chi connectivity index (χ3n) is 2.92. The molecule has 1 aromatic carbocycles. The van der Waals surface area contributed by atoms with E-state index in [0.717, 1.165) is 9.37 Å². The lowest BCUT2D eigenvalue weighted by molar-refractivity contribution is -0.131. The Hall–Kier alpha value is -0.560. The summed E-state index contributed by atoms with van der Waals surface area (Å²) in [6, 6.07) is 7.97. The molecule has 0 saturated heterocycles. The molecular weight excluding hydrogens is 354 g/mol. The number of ether oxygens (including phenoxy) is 2. The minimum Gasteiger partial charge on any atom is -0.383 e. The number of carbonyl (C=O) groups excluding carboxylic acids is 1. The first-order valence-corrected chi connectivity index (χ1v) is 8.44. The van der Waals surface area contributed by atoms with Crippen molar-refractivity contribution >= 4 is 33.6 Å². The Morgan fingerprint density at radius 2 is 1.71 bits per heavy atom. The molecular formula is C15H22BrNO3S. The van der Waals surface area contributed by atoms with Gasteiger partial charge in [0.1, 0.15) is 0 Å². The number of halogens is 1. The van der Waals surface area contributed by atoms with Crippen molar-refractivity contribution in [1.29, 1.82) is 0 Å². The first-order chi connectivity index (χ1) is 10.1. The number of rotatable bonds is 9. The van der Waals surface area contributed by atoms with E-state index in [1.165, 1.54) is 0 Å². The Labute approximate surface area is 139 Å². The summed E-state index contributed by atoms with van der Waals surface area (Å²) in [5.41, 5.74) is 0. The predicted octanol–water partition coefficient (Wildman–Crippen LogP) is 3.05. The fourth-order valence-electron chi connectivity index (χ4n) is 1.76. The van der Waals surface area contributed by atoms with Gasteiger partial charge in [-0.05, 0) is 31.2 Å². The van der Waals surface area contributed by atoms with E-state index < -0.39 is 0 Å². The summed E-state index contributed by atoms with van der Waals surface area (Å²) < 4.78 is 11.2. The van der Waals surface area contributed by atoms with Crippen LogP contribution in [0.1, 0.15) is 6.92 Å². The maximum atomic E-state index is 12.5. The van der Waals surface area contributed by atoms with Gasteiger partial charge in [0.25, 0.3) is 0 Å². The minimum absolute atomic E-state index is 0.108. The zero-order valence-corrected chi connectivity index (χ0v) is 15.1. The second-order valence-corrected chi connectivity index (χ2v) is 6.85. The van der Waals surface area contributed by atoms with Gasteiger partial charge in [-0.3, -0.25) is 4.79 Å². The molecule has 0 heterocycles. The Kier molecular flexibility index (Phi) is 8.99. The molecule has 0 fully saturated rings. The van der Waals surface area contributed by atoms with Crippen molar-refractivity contribution in [2.45, 2.75) is 17.1 Å². The van der Waals surface area contributed by atoms with Gasteiger partial charge in [-0.1, -0.05) is 15.9 Å². The summed E-state index contributed by atoms with van der Waals surface area (Å²) in [6.07, 6.45) is 0. The molecule has 1 amide bonds. The molecule has 1 rings (SSSR count). The monoisotopic (exact) mass is 375 g/mol. The zero-order chi connectivity index (χ0) is 15.7. The molecule has 0 N–H and O–H groups in total. The number of hydrogen-bond donors (Lipinski definition) is 0. The third-order valence-corrected chi connectivity index (χ3v) is 4.54. The summed E-state index contributed by atoms with van der Waals surface area (Å²) in [5, 5.41) is -0.139. The average Bonchev–Trinajstić information content (AvgIpc) is 2.49. The maximum Gasteiger partial charge on any atom is 0.235 e. The maximum absolute atomic E-state index is 12.5. The molecule has 0 saturated carbocycles. The van der Waals surface area contributed by atoms with Crippen LogP contribution < -0.4 is 0 Å². The molecule has 1 aromatic rings. The van der Waals surface area contributed by atoms with E-state index in [-0.39, 0.29) is 11.2 Å². The van der Waals surface area contributed by atoms with Crippen molar-refractivity contribution in [3.05, 3.63) is 28.7 Å². The second kappa shape index (κ2) is 10.2. The van der Waals surface area contributed by atoms with Gasteiger partial charge in [-0.25, -0.2) is 0 Å². The number of amides is 1. The first kappa shape index (κ1) is 18.5. The molecule has 0 radical (unpaired) electrons. The summed E-state index contributed by atoms with van der Waals surface area (Å²) in [7, 11) is 3.28. The van der Waals surface area contributed by atoms with Gasteiger partial charge in [-0.15, -0.1) is 11.8 Å². The van der Waals surface area contributed by atoms with Gasteiger partial charge < -0.3 is 14.4 Å². The fourth-order valence-corrected chi connectivity index (χ4v) is 2.98. The van der Waals surface area contributed by atoms with E-state index in [2.05, 4.69) is 15.9 Å². The summed E-state index contributed by atoms with van der Waals surface area (Å²) >= 11 is 4.97. The van der Waals surface area contributed by atoms with E-state index in [1.54, 1.807) is 30.9 Å². The lowest BCUT2D eigenvalue weighted by Gasteiger charge is -2.25. The number of thioether (sulfide) groups is 1. The van der Waals surface area contributed by atoms with E-state index in [4.69, 9.17) is 9.47 Å². The van der Waals surface area contributed by atoms with Crippen LogP contribution in [0.2, 0.25) is 0 Å². The quantitative estimate of drug-likeness (QED) is 0.621. The molecule has 0 spiro atoms. The Bertz CT molecular complexity index is 419. The molecule has 0 aliphatic heterocycles. The largest absolute Gasteiger partial charge is 0.383 e. The third kappa shape index (κ3) is 6.82. The van der Waals surface area contributed by atoms with Crippen LogP contribution in [0.25, 0.3) is 0 Å². The van der Waals surface area contributed by atoms with E-state index in [9.17, 15) is 4.79 Å². The Morgan fingerprint density at radius 3 is 2.19 bits per heavy atom. The smallest absolute Gasteiger partial charge is 0.235 e. The van der Waals surface area contributed by atoms with Crippen LogP contribution >= 0.6 is 27.7 Å². The highest BCUT2D eigenvalue weighted by Gasteiger charge is 2.21. The molecule has 118 valence electrons. The van der Waals surface area contributed by atoms with Gasteiger partial charge in [-0.2, -0.15) is 0 Å². The van der Waals surface area contributed by atoms with Crippen LogP contribution in [0.15, 0.2) is 33.6 Å². The molecule has 0 bridgehead atoms. The minimum atomic E-state index is -0.139. The van der Waals surface area contributed by atoms with Crippen LogP contribution in [0.4, 0.5) is 0 Å². The van der Waals surface area contributed by atoms with Crippen molar-refractivity contribution < 1.29 is 14.3 Å². The van der Waals surface area contributed by atoms with E-state index in [0.29, 0.717) is 26.3 Å². The highest BCUT2D eigenvalue weighted by molar-refractivity contribution is 9.10. The average molecular weight is 376 g/mol. The van der Waals surface area contributed by atoms with Crippen molar-refractivity contribution in [2.75, 3.05) is 40.5 Å². The SMILES string of the molecule is COCCN(CCOC)C(=O)C(C)Sc1ccc(Br)cc1. The van der Waals surface area contributed by atoms with Gasteiger partial charge in [0.2, 0.25) is 5.91 Å². The van der Waals surface area contributed by atoms with Crippen LogP contribution in [0.5, 0.6) is 0 Å². The van der Waals surface area contributed by atoms with Crippen molar-refractivity contribution in [3.63, 3.8) is 0 Å². The molecule has 21 heavy (non-hydrogen) atoms. The summed E-state index contributed by atoms with van der Waals surface area (Å²) in [6.45, 7) is 4.17. The van der Waals surface area contributed by atoms with Crippen LogP contribution in [0, 0.1) is 0 Å². The lowest BCUT2D eigenvalue weighted by Crippen LogP contribution is -2.40. The molecule has 6 heteroatoms. The van der Waals surface area contributed by atoms with Crippen molar-refractivity contribution in [1.82, 2.24) is 4.90 Å². The van der Waals surface area contributed by atoms with Crippen LogP contribution in [-0.4, -0.2) is 56.6 Å². The van der Waals surface area contributed by atoms with Crippen LogP contribution in [-0.2, 0) is 14.3 Å². The van der Waals surface area contributed by atoms with Gasteiger partial charge in [0.15, 0.2) is 0 Å². The Morgan fingerprint density at radius 1 is 1.19 bits per heavy atom. The molecule has 0 aliphatic rings. The lowest BCUT2D eigenvalue weighted by atomic mass is 10.3. The molecule has 0 aromatic heterocycles.